The van der Waals surface area contributed by atoms with Crippen LogP contribution in [0.25, 0.3) is 0 Å². The van der Waals surface area contributed by atoms with Gasteiger partial charge < -0.3 is 4.74 Å². The lowest BCUT2D eigenvalue weighted by molar-refractivity contribution is -0.384. The molecule has 124 valence electrons. The highest BCUT2D eigenvalue weighted by Gasteiger charge is 2.15. The second-order valence-corrected chi connectivity index (χ2v) is 5.62. The number of hydrogen-bond donors (Lipinski definition) is 1. The van der Waals surface area contributed by atoms with Crippen molar-refractivity contribution >= 4 is 39.0 Å². The molecule has 0 bridgehead atoms. The molecular weight excluding hydrogens is 378 g/mol. The number of nitrogens with zero attached hydrogens (tertiary/aromatic N) is 2. The zero-order chi connectivity index (χ0) is 17.5. The molecule has 0 aliphatic heterocycles. The molecule has 0 unspecified atom stereocenters. The van der Waals surface area contributed by atoms with Gasteiger partial charge in [0.2, 0.25) is 0 Å². The molecule has 0 aliphatic carbocycles. The van der Waals surface area contributed by atoms with Crippen molar-refractivity contribution in [2.45, 2.75) is 6.42 Å². The second kappa shape index (κ2) is 8.21. The minimum absolute atomic E-state index is 0.0577. The molecule has 2 rings (SSSR count). The molecule has 2 aromatic carbocycles. The highest BCUT2D eigenvalue weighted by Crippen LogP contribution is 2.28. The maximum absolute atomic E-state index is 11.6. The summed E-state index contributed by atoms with van der Waals surface area (Å²) < 4.78 is 5.25. The zero-order valence-electron chi connectivity index (χ0n) is 12.7. The van der Waals surface area contributed by atoms with E-state index >= 15 is 0 Å². The number of esters is 1. The maximum Gasteiger partial charge on any atom is 0.311 e. The number of nitro benzene ring substituents is 1. The molecule has 0 saturated heterocycles. The lowest BCUT2D eigenvalue weighted by Crippen LogP contribution is -2.12. The fourth-order valence-electron chi connectivity index (χ4n) is 1.92. The van der Waals surface area contributed by atoms with E-state index in [0.717, 1.165) is 5.56 Å². The molecule has 0 amide bonds. The average Bonchev–Trinajstić information content (AvgIpc) is 2.59. The quantitative estimate of drug-likeness (QED) is 0.350. The molecule has 0 aromatic heterocycles. The van der Waals surface area contributed by atoms with Crippen molar-refractivity contribution in [3.8, 4) is 0 Å². The summed E-state index contributed by atoms with van der Waals surface area (Å²) in [5.41, 5.74) is 3.90. The summed E-state index contributed by atoms with van der Waals surface area (Å²) in [6.45, 7) is 0. The number of hydrogen-bond acceptors (Lipinski definition) is 6. The molecule has 1 N–H and O–H groups in total. The number of nitro groups is 1. The summed E-state index contributed by atoms with van der Waals surface area (Å²) >= 11 is 3.19. The third-order valence-corrected chi connectivity index (χ3v) is 3.61. The van der Waals surface area contributed by atoms with Gasteiger partial charge in [-0.1, -0.05) is 46.3 Å². The molecule has 0 aliphatic rings. The van der Waals surface area contributed by atoms with Crippen LogP contribution in [-0.4, -0.2) is 23.7 Å². The van der Waals surface area contributed by atoms with Crippen LogP contribution in [0.5, 0.6) is 0 Å². The number of carbonyl (C=O) groups excluding carboxylic acids is 1. The maximum atomic E-state index is 11.6. The van der Waals surface area contributed by atoms with Gasteiger partial charge in [-0.2, -0.15) is 5.10 Å². The summed E-state index contributed by atoms with van der Waals surface area (Å²) in [7, 11) is 1.29. The molecular formula is C16H14BrN3O4. The van der Waals surface area contributed by atoms with Crippen LogP contribution in [0.2, 0.25) is 0 Å². The molecule has 8 heteroatoms. The van der Waals surface area contributed by atoms with Crippen molar-refractivity contribution in [1.82, 2.24) is 0 Å². The van der Waals surface area contributed by atoms with Gasteiger partial charge in [0.25, 0.3) is 5.69 Å². The normalized spacial score (nSPS) is 11.0. The summed E-state index contributed by atoms with van der Waals surface area (Å²) in [5, 5.41) is 15.3. The lowest BCUT2D eigenvalue weighted by Gasteiger charge is -2.08. The van der Waals surface area contributed by atoms with Crippen LogP contribution >= 0.6 is 15.9 Å². The topological polar surface area (TPSA) is 93.8 Å². The first kappa shape index (κ1) is 17.6. The number of nitrogens with one attached hydrogen (secondary N) is 1. The summed E-state index contributed by atoms with van der Waals surface area (Å²) in [6, 6.07) is 13.6. The van der Waals surface area contributed by atoms with Gasteiger partial charge in [-0.15, -0.1) is 0 Å². The Morgan fingerprint density at radius 2 is 2.00 bits per heavy atom. The Labute approximate surface area is 146 Å². The molecule has 0 atom stereocenters. The van der Waals surface area contributed by atoms with E-state index in [4.69, 9.17) is 0 Å². The largest absolute Gasteiger partial charge is 0.469 e. The minimum atomic E-state index is -0.509. The Morgan fingerprint density at radius 3 is 2.62 bits per heavy atom. The Balaban J connectivity index is 2.34. The summed E-state index contributed by atoms with van der Waals surface area (Å²) in [5.74, 6) is -0.454. The predicted molar refractivity (Wildman–Crippen MR) is 94.0 cm³/mol. The van der Waals surface area contributed by atoms with Crippen molar-refractivity contribution in [3.63, 3.8) is 0 Å². The summed E-state index contributed by atoms with van der Waals surface area (Å²) in [6.07, 6.45) is -0.0577. The molecule has 0 fully saturated rings. The highest BCUT2D eigenvalue weighted by molar-refractivity contribution is 9.10. The van der Waals surface area contributed by atoms with E-state index in [1.54, 1.807) is 18.2 Å². The molecule has 24 heavy (non-hydrogen) atoms. The SMILES string of the molecule is COC(=O)C/C(=N/Nc1ccc(Br)cc1[N+](=O)[O-])c1ccccc1. The number of ether oxygens (including phenoxy) is 1. The van der Waals surface area contributed by atoms with Crippen LogP contribution in [-0.2, 0) is 9.53 Å². The number of carbonyl (C=O) groups is 1. The van der Waals surface area contributed by atoms with E-state index in [0.29, 0.717) is 10.2 Å². The van der Waals surface area contributed by atoms with Gasteiger partial charge in [0.15, 0.2) is 0 Å². The molecule has 0 heterocycles. The van der Waals surface area contributed by atoms with Crippen molar-refractivity contribution in [2.24, 2.45) is 5.10 Å². The van der Waals surface area contributed by atoms with Crippen LogP contribution in [0.1, 0.15) is 12.0 Å². The number of anilines is 1. The van der Waals surface area contributed by atoms with Crippen molar-refractivity contribution in [2.75, 3.05) is 12.5 Å². The van der Waals surface area contributed by atoms with E-state index < -0.39 is 10.9 Å². The van der Waals surface area contributed by atoms with E-state index in [1.807, 2.05) is 18.2 Å². The van der Waals surface area contributed by atoms with Gasteiger partial charge in [-0.05, 0) is 17.7 Å². The van der Waals surface area contributed by atoms with Gasteiger partial charge in [-0.3, -0.25) is 20.3 Å². The van der Waals surface area contributed by atoms with Gasteiger partial charge >= 0.3 is 5.97 Å². The fraction of sp³-hybridized carbons (Fsp3) is 0.125. The third-order valence-electron chi connectivity index (χ3n) is 3.11. The van der Waals surface area contributed by atoms with Crippen LogP contribution in [0, 0.1) is 10.1 Å². The Hall–Kier alpha value is -2.74. The Bertz CT molecular complexity index is 778. The van der Waals surface area contributed by atoms with Gasteiger partial charge in [0.1, 0.15) is 5.69 Å². The number of hydrazone groups is 1. The van der Waals surface area contributed by atoms with E-state index in [1.165, 1.54) is 19.2 Å². The second-order valence-electron chi connectivity index (χ2n) is 4.71. The zero-order valence-corrected chi connectivity index (χ0v) is 14.3. The van der Waals surface area contributed by atoms with Gasteiger partial charge in [-0.25, -0.2) is 0 Å². The number of halogens is 1. The number of rotatable bonds is 6. The highest BCUT2D eigenvalue weighted by atomic mass is 79.9. The molecule has 0 radical (unpaired) electrons. The minimum Gasteiger partial charge on any atom is -0.469 e. The first-order chi connectivity index (χ1) is 11.5. The lowest BCUT2D eigenvalue weighted by atomic mass is 10.1. The standard InChI is InChI=1S/C16H14BrN3O4/c1-24-16(21)10-14(11-5-3-2-4-6-11)19-18-13-8-7-12(17)9-15(13)20(22)23/h2-9,18H,10H2,1H3/b19-14-. The van der Waals surface area contributed by atoms with Crippen LogP contribution in [0.3, 0.4) is 0 Å². The Morgan fingerprint density at radius 1 is 1.29 bits per heavy atom. The Kier molecular flexibility index (Phi) is 6.02. The van der Waals surface area contributed by atoms with Gasteiger partial charge in [0.05, 0.1) is 24.2 Å². The molecule has 0 saturated carbocycles. The average molecular weight is 392 g/mol. The first-order valence-corrected chi connectivity index (χ1v) is 7.69. The molecule has 2 aromatic rings. The van der Waals surface area contributed by atoms with Crippen LogP contribution in [0.15, 0.2) is 58.1 Å². The summed E-state index contributed by atoms with van der Waals surface area (Å²) in [4.78, 5) is 22.2. The van der Waals surface area contributed by atoms with E-state index in [-0.39, 0.29) is 17.8 Å². The van der Waals surface area contributed by atoms with Crippen LogP contribution in [0.4, 0.5) is 11.4 Å². The predicted octanol–water partition coefficient (Wildman–Crippen LogP) is 3.74. The number of methoxy groups -OCH3 is 1. The van der Waals surface area contributed by atoms with Crippen molar-refractivity contribution < 1.29 is 14.5 Å². The van der Waals surface area contributed by atoms with Crippen molar-refractivity contribution in [1.29, 1.82) is 0 Å². The van der Waals surface area contributed by atoms with E-state index in [2.05, 4.69) is 31.2 Å². The molecule has 7 nitrogen and oxygen atoms in total. The molecule has 0 spiro atoms. The fourth-order valence-corrected chi connectivity index (χ4v) is 2.27. The van der Waals surface area contributed by atoms with E-state index in [9.17, 15) is 14.9 Å². The first-order valence-electron chi connectivity index (χ1n) is 6.90. The van der Waals surface area contributed by atoms with Gasteiger partial charge in [0, 0.05) is 10.5 Å². The number of benzene rings is 2. The third kappa shape index (κ3) is 4.63. The van der Waals surface area contributed by atoms with Crippen LogP contribution < -0.4 is 5.43 Å². The van der Waals surface area contributed by atoms with Crippen molar-refractivity contribution in [3.05, 3.63) is 68.7 Å². The smallest absolute Gasteiger partial charge is 0.311 e. The monoisotopic (exact) mass is 391 g/mol.